The molecule has 1 aromatic rings. The number of nitro groups is 1. The van der Waals surface area contributed by atoms with Crippen LogP contribution in [-0.2, 0) is 10.8 Å². The van der Waals surface area contributed by atoms with Crippen molar-refractivity contribution in [3.8, 4) is 0 Å². The second kappa shape index (κ2) is 6.28. The Morgan fingerprint density at radius 2 is 1.83 bits per heavy atom. The van der Waals surface area contributed by atoms with Crippen molar-refractivity contribution in [3.05, 3.63) is 31.3 Å². The lowest BCUT2D eigenvalue weighted by Crippen LogP contribution is -2.24. The van der Waals surface area contributed by atoms with Crippen LogP contribution in [0.1, 0.15) is 50.8 Å². The molecule has 7 heteroatoms. The van der Waals surface area contributed by atoms with Crippen molar-refractivity contribution in [2.75, 3.05) is 18.5 Å². The SMILES string of the molecule is Cc1c(NCC(O)CO)c(Br)c2c(c1[N+](=O)[O-])C(C)(C)CC2(C)C. The fourth-order valence-corrected chi connectivity index (χ4v) is 5.30. The van der Waals surface area contributed by atoms with E-state index in [1.165, 1.54) is 0 Å². The Bertz CT molecular complexity index is 686. The van der Waals surface area contributed by atoms with Crippen LogP contribution in [0.4, 0.5) is 11.4 Å². The van der Waals surface area contributed by atoms with Gasteiger partial charge in [0.25, 0.3) is 5.69 Å². The summed E-state index contributed by atoms with van der Waals surface area (Å²) in [5.41, 5.74) is 2.53. The van der Waals surface area contributed by atoms with Gasteiger partial charge in [-0.25, -0.2) is 0 Å². The van der Waals surface area contributed by atoms with Gasteiger partial charge in [0.15, 0.2) is 0 Å². The van der Waals surface area contributed by atoms with Crippen molar-refractivity contribution in [2.45, 2.75) is 58.0 Å². The van der Waals surface area contributed by atoms with Crippen LogP contribution in [0.25, 0.3) is 0 Å². The molecule has 0 heterocycles. The number of nitrogens with zero attached hydrogens (tertiary/aromatic N) is 1. The second-order valence-corrected chi connectivity index (χ2v) is 8.62. The van der Waals surface area contributed by atoms with Crippen LogP contribution in [0.15, 0.2) is 4.47 Å². The van der Waals surface area contributed by atoms with Crippen molar-refractivity contribution in [2.24, 2.45) is 0 Å². The van der Waals surface area contributed by atoms with E-state index in [1.807, 2.05) is 13.8 Å². The van der Waals surface area contributed by atoms with Crippen molar-refractivity contribution >= 4 is 27.3 Å². The first-order valence-corrected chi connectivity index (χ1v) is 8.77. The van der Waals surface area contributed by atoms with E-state index in [1.54, 1.807) is 6.92 Å². The second-order valence-electron chi connectivity index (χ2n) is 7.83. The van der Waals surface area contributed by atoms with Gasteiger partial charge >= 0.3 is 0 Å². The number of fused-ring (bicyclic) bond motifs is 1. The van der Waals surface area contributed by atoms with Crippen LogP contribution in [0, 0.1) is 17.0 Å². The van der Waals surface area contributed by atoms with E-state index in [4.69, 9.17) is 5.11 Å². The summed E-state index contributed by atoms with van der Waals surface area (Å²) < 4.78 is 0.807. The van der Waals surface area contributed by atoms with Gasteiger partial charge in [0, 0.05) is 16.6 Å². The molecule has 1 aliphatic rings. The molecule has 6 nitrogen and oxygen atoms in total. The molecular weight excluding hydrogens is 376 g/mol. The quantitative estimate of drug-likeness (QED) is 0.519. The van der Waals surface area contributed by atoms with E-state index in [2.05, 4.69) is 35.1 Å². The minimum Gasteiger partial charge on any atom is -0.394 e. The lowest BCUT2D eigenvalue weighted by molar-refractivity contribution is -0.386. The molecule has 1 aliphatic carbocycles. The molecule has 2 rings (SSSR count). The van der Waals surface area contributed by atoms with Crippen LogP contribution in [-0.4, -0.2) is 34.4 Å². The van der Waals surface area contributed by atoms with Crippen LogP contribution in [0.3, 0.4) is 0 Å². The molecule has 0 aliphatic heterocycles. The molecule has 0 aromatic heterocycles. The molecule has 1 aromatic carbocycles. The number of anilines is 1. The van der Waals surface area contributed by atoms with Crippen molar-refractivity contribution in [1.82, 2.24) is 0 Å². The van der Waals surface area contributed by atoms with E-state index in [0.29, 0.717) is 11.3 Å². The zero-order valence-electron chi connectivity index (χ0n) is 14.7. The Morgan fingerprint density at radius 3 is 2.33 bits per heavy atom. The maximum absolute atomic E-state index is 11.8. The first kappa shape index (κ1) is 19.1. The van der Waals surface area contributed by atoms with Crippen LogP contribution in [0.2, 0.25) is 0 Å². The summed E-state index contributed by atoms with van der Waals surface area (Å²) in [7, 11) is 0. The number of nitrogens with one attached hydrogen (secondary N) is 1. The number of nitro benzene ring substituents is 1. The highest BCUT2D eigenvalue weighted by molar-refractivity contribution is 9.10. The molecule has 1 atom stereocenters. The summed E-state index contributed by atoms with van der Waals surface area (Å²) in [6.45, 7) is 9.75. The van der Waals surface area contributed by atoms with Gasteiger partial charge < -0.3 is 15.5 Å². The third kappa shape index (κ3) is 3.05. The first-order chi connectivity index (χ1) is 10.9. The molecule has 0 radical (unpaired) electrons. The smallest absolute Gasteiger partial charge is 0.278 e. The van der Waals surface area contributed by atoms with Gasteiger partial charge in [0.1, 0.15) is 0 Å². The molecule has 0 saturated heterocycles. The Kier molecular flexibility index (Phi) is 5.01. The molecule has 0 bridgehead atoms. The molecule has 134 valence electrons. The topological polar surface area (TPSA) is 95.6 Å². The highest BCUT2D eigenvalue weighted by atomic mass is 79.9. The largest absolute Gasteiger partial charge is 0.394 e. The standard InChI is InChI=1S/C17H25BrN2O4/c1-9-14(19-6-10(22)7-21)13(18)11-12(15(9)20(23)24)17(4,5)8-16(11,2)3/h10,19,21-22H,6-8H2,1-5H3. The fourth-order valence-electron chi connectivity index (χ4n) is 4.12. The minimum atomic E-state index is -0.923. The van der Waals surface area contributed by atoms with Crippen LogP contribution >= 0.6 is 15.9 Å². The van der Waals surface area contributed by atoms with Gasteiger partial charge in [0.05, 0.1) is 28.9 Å². The van der Waals surface area contributed by atoms with E-state index in [-0.39, 0.29) is 34.6 Å². The van der Waals surface area contributed by atoms with Gasteiger partial charge in [-0.1, -0.05) is 27.7 Å². The fraction of sp³-hybridized carbons (Fsp3) is 0.647. The molecule has 3 N–H and O–H groups in total. The normalized spacial score (nSPS) is 19.0. The number of hydrogen-bond donors (Lipinski definition) is 3. The lowest BCUT2D eigenvalue weighted by Gasteiger charge is -2.24. The zero-order valence-corrected chi connectivity index (χ0v) is 16.3. The summed E-state index contributed by atoms with van der Waals surface area (Å²) in [6, 6.07) is 0. The first-order valence-electron chi connectivity index (χ1n) is 7.98. The monoisotopic (exact) mass is 400 g/mol. The number of aliphatic hydroxyl groups is 2. The Hall–Kier alpha value is -1.18. The number of halogens is 1. The van der Waals surface area contributed by atoms with Crippen LogP contribution < -0.4 is 5.32 Å². The van der Waals surface area contributed by atoms with Gasteiger partial charge in [-0.3, -0.25) is 10.1 Å². The summed E-state index contributed by atoms with van der Waals surface area (Å²) >= 11 is 3.64. The number of aliphatic hydroxyl groups excluding tert-OH is 2. The average molecular weight is 401 g/mol. The maximum Gasteiger partial charge on any atom is 0.278 e. The third-order valence-electron chi connectivity index (χ3n) is 4.80. The number of benzene rings is 1. The lowest BCUT2D eigenvalue weighted by atomic mass is 9.81. The van der Waals surface area contributed by atoms with Gasteiger partial charge in [-0.15, -0.1) is 0 Å². The van der Waals surface area contributed by atoms with E-state index < -0.39 is 6.10 Å². The van der Waals surface area contributed by atoms with E-state index >= 15 is 0 Å². The minimum absolute atomic E-state index is 0.121. The average Bonchev–Trinajstić information content (AvgIpc) is 2.62. The van der Waals surface area contributed by atoms with Gasteiger partial charge in [-0.2, -0.15) is 0 Å². The molecule has 0 fully saturated rings. The number of hydrogen-bond acceptors (Lipinski definition) is 5. The summed E-state index contributed by atoms with van der Waals surface area (Å²) in [4.78, 5) is 11.5. The van der Waals surface area contributed by atoms with Gasteiger partial charge in [0.2, 0.25) is 0 Å². The van der Waals surface area contributed by atoms with Gasteiger partial charge in [-0.05, 0) is 45.7 Å². The van der Waals surface area contributed by atoms with E-state index in [0.717, 1.165) is 22.0 Å². The summed E-state index contributed by atoms with van der Waals surface area (Å²) in [5.74, 6) is 0. The maximum atomic E-state index is 11.8. The molecular formula is C17H25BrN2O4. The molecule has 0 spiro atoms. The summed E-state index contributed by atoms with van der Waals surface area (Å²) in [6.07, 6.45) is -0.107. The highest BCUT2D eigenvalue weighted by Crippen LogP contribution is 2.57. The highest BCUT2D eigenvalue weighted by Gasteiger charge is 2.49. The molecule has 0 saturated carbocycles. The predicted molar refractivity (Wildman–Crippen MR) is 97.8 cm³/mol. The summed E-state index contributed by atoms with van der Waals surface area (Å²) in [5, 5.41) is 33.5. The van der Waals surface area contributed by atoms with Crippen molar-refractivity contribution in [3.63, 3.8) is 0 Å². The van der Waals surface area contributed by atoms with E-state index in [9.17, 15) is 15.2 Å². The molecule has 1 unspecified atom stereocenters. The Morgan fingerprint density at radius 1 is 1.29 bits per heavy atom. The number of rotatable bonds is 5. The predicted octanol–water partition coefficient (Wildman–Crippen LogP) is 3.39. The Labute approximate surface area is 150 Å². The molecule has 0 amide bonds. The van der Waals surface area contributed by atoms with Crippen LogP contribution in [0.5, 0.6) is 0 Å². The molecule has 24 heavy (non-hydrogen) atoms. The Balaban J connectivity index is 2.74. The van der Waals surface area contributed by atoms with Crippen molar-refractivity contribution in [1.29, 1.82) is 0 Å². The van der Waals surface area contributed by atoms with Crippen molar-refractivity contribution < 1.29 is 15.1 Å². The third-order valence-corrected chi connectivity index (χ3v) is 5.59. The zero-order chi connectivity index (χ0) is 18.4.